The summed E-state index contributed by atoms with van der Waals surface area (Å²) in [4.78, 5) is 36.3. The summed E-state index contributed by atoms with van der Waals surface area (Å²) < 4.78 is 10.7. The number of benzene rings is 2. The Labute approximate surface area is 176 Å². The van der Waals surface area contributed by atoms with Crippen LogP contribution < -0.4 is 15.6 Å². The zero-order chi connectivity index (χ0) is 22.3. The fraction of sp³-hybridized carbons (Fsp3) is 0.348. The minimum atomic E-state index is -1.11. The third-order valence-electron chi connectivity index (χ3n) is 4.36. The Morgan fingerprint density at radius 2 is 1.43 bits per heavy atom. The molecule has 0 unspecified atom stereocenters. The zero-order valence-corrected chi connectivity index (χ0v) is 17.9. The van der Waals surface area contributed by atoms with E-state index in [0.29, 0.717) is 11.3 Å². The second kappa shape index (κ2) is 9.91. The van der Waals surface area contributed by atoms with Gasteiger partial charge < -0.3 is 9.47 Å². The third kappa shape index (κ3) is 6.62. The Morgan fingerprint density at radius 1 is 0.833 bits per heavy atom. The van der Waals surface area contributed by atoms with Crippen LogP contribution in [0.4, 0.5) is 0 Å². The summed E-state index contributed by atoms with van der Waals surface area (Å²) in [6.07, 6.45) is -2.01. The van der Waals surface area contributed by atoms with Gasteiger partial charge in [0.25, 0.3) is 11.8 Å². The van der Waals surface area contributed by atoms with E-state index in [0.717, 1.165) is 5.56 Å². The van der Waals surface area contributed by atoms with Crippen LogP contribution in [0.2, 0.25) is 0 Å². The fourth-order valence-corrected chi connectivity index (χ4v) is 2.49. The maximum absolute atomic E-state index is 12.2. The first-order chi connectivity index (χ1) is 14.1. The van der Waals surface area contributed by atoms with Gasteiger partial charge >= 0.3 is 5.97 Å². The molecule has 2 rings (SSSR count). The monoisotopic (exact) mass is 412 g/mol. The molecule has 7 heteroatoms. The molecule has 0 heterocycles. The highest BCUT2D eigenvalue weighted by atomic mass is 16.6. The van der Waals surface area contributed by atoms with Gasteiger partial charge in [-0.2, -0.15) is 0 Å². The summed E-state index contributed by atoms with van der Waals surface area (Å²) in [5, 5.41) is 0. The molecule has 2 atom stereocenters. The van der Waals surface area contributed by atoms with Crippen LogP contribution in [-0.4, -0.2) is 30.0 Å². The Morgan fingerprint density at radius 3 is 2.00 bits per heavy atom. The van der Waals surface area contributed by atoms with Crippen LogP contribution in [0.1, 0.15) is 50.5 Å². The molecule has 2 amide bonds. The zero-order valence-electron chi connectivity index (χ0n) is 17.9. The van der Waals surface area contributed by atoms with Gasteiger partial charge in [0.2, 0.25) is 0 Å². The van der Waals surface area contributed by atoms with Gasteiger partial charge in [0.1, 0.15) is 5.75 Å². The van der Waals surface area contributed by atoms with Crippen molar-refractivity contribution in [3.8, 4) is 5.75 Å². The first kappa shape index (κ1) is 22.9. The van der Waals surface area contributed by atoms with Gasteiger partial charge in [0.15, 0.2) is 12.2 Å². The van der Waals surface area contributed by atoms with Gasteiger partial charge in [0, 0.05) is 5.56 Å². The molecular weight excluding hydrogens is 384 g/mol. The molecule has 0 aliphatic carbocycles. The molecule has 2 aromatic rings. The van der Waals surface area contributed by atoms with E-state index in [1.54, 1.807) is 49.4 Å². The van der Waals surface area contributed by atoms with Crippen molar-refractivity contribution in [2.45, 2.75) is 52.2 Å². The number of ether oxygens (including phenoxy) is 2. The average Bonchev–Trinajstić information content (AvgIpc) is 2.71. The summed E-state index contributed by atoms with van der Waals surface area (Å²) in [5.41, 5.74) is 6.07. The third-order valence-corrected chi connectivity index (χ3v) is 4.36. The normalized spacial score (nSPS) is 13.0. The number of carbonyl (C=O) groups excluding carboxylic acids is 3. The Kier molecular flexibility index (Phi) is 7.58. The van der Waals surface area contributed by atoms with E-state index in [4.69, 9.17) is 9.47 Å². The lowest BCUT2D eigenvalue weighted by Crippen LogP contribution is -2.47. The predicted molar refractivity (Wildman–Crippen MR) is 113 cm³/mol. The molecule has 2 aromatic carbocycles. The van der Waals surface area contributed by atoms with Crippen LogP contribution in [0.25, 0.3) is 0 Å². The van der Waals surface area contributed by atoms with Crippen molar-refractivity contribution < 1.29 is 23.9 Å². The van der Waals surface area contributed by atoms with E-state index in [1.807, 2.05) is 12.1 Å². The van der Waals surface area contributed by atoms with Gasteiger partial charge in [-0.25, -0.2) is 4.79 Å². The standard InChI is InChI=1S/C23H28N2O5/c1-15(20(26)24-25-21(27)17-9-7-6-8-10-17)30-22(28)16(2)29-19-13-11-18(12-14-19)23(3,4)5/h6-16H,1-5H3,(H,24,26)(H,25,27)/t15-,16+/m1/s1. The van der Waals surface area contributed by atoms with Crippen molar-refractivity contribution in [2.24, 2.45) is 0 Å². The van der Waals surface area contributed by atoms with Crippen molar-refractivity contribution in [1.82, 2.24) is 10.9 Å². The maximum Gasteiger partial charge on any atom is 0.347 e. The molecule has 160 valence electrons. The van der Waals surface area contributed by atoms with E-state index in [2.05, 4.69) is 31.6 Å². The molecule has 0 spiro atoms. The minimum Gasteiger partial charge on any atom is -0.479 e. The lowest BCUT2D eigenvalue weighted by molar-refractivity contribution is -0.161. The minimum absolute atomic E-state index is 0.0157. The lowest BCUT2D eigenvalue weighted by atomic mass is 9.87. The van der Waals surface area contributed by atoms with Crippen LogP contribution in [0.5, 0.6) is 5.75 Å². The molecular formula is C23H28N2O5. The van der Waals surface area contributed by atoms with Crippen LogP contribution in [0.3, 0.4) is 0 Å². The quantitative estimate of drug-likeness (QED) is 0.562. The topological polar surface area (TPSA) is 93.7 Å². The fourth-order valence-electron chi connectivity index (χ4n) is 2.49. The highest BCUT2D eigenvalue weighted by Crippen LogP contribution is 2.24. The van der Waals surface area contributed by atoms with Crippen LogP contribution >= 0.6 is 0 Å². The smallest absolute Gasteiger partial charge is 0.347 e. The number of hydrogen-bond donors (Lipinski definition) is 2. The summed E-state index contributed by atoms with van der Waals surface area (Å²) in [5.74, 6) is -1.29. The number of hydrogen-bond acceptors (Lipinski definition) is 5. The molecule has 0 saturated heterocycles. The number of hydrazine groups is 1. The molecule has 0 bridgehead atoms. The predicted octanol–water partition coefficient (Wildman–Crippen LogP) is 3.14. The number of carbonyl (C=O) groups is 3. The van der Waals surface area contributed by atoms with Crippen molar-refractivity contribution in [3.63, 3.8) is 0 Å². The van der Waals surface area contributed by atoms with Gasteiger partial charge in [-0.15, -0.1) is 0 Å². The largest absolute Gasteiger partial charge is 0.479 e. The van der Waals surface area contributed by atoms with E-state index >= 15 is 0 Å². The molecule has 0 aromatic heterocycles. The van der Waals surface area contributed by atoms with Crippen LogP contribution in [0.15, 0.2) is 54.6 Å². The van der Waals surface area contributed by atoms with Crippen molar-refractivity contribution >= 4 is 17.8 Å². The molecule has 2 N–H and O–H groups in total. The second-order valence-corrected chi connectivity index (χ2v) is 7.92. The van der Waals surface area contributed by atoms with E-state index in [1.165, 1.54) is 6.92 Å². The van der Waals surface area contributed by atoms with Crippen molar-refractivity contribution in [1.29, 1.82) is 0 Å². The number of rotatable bonds is 6. The highest BCUT2D eigenvalue weighted by Gasteiger charge is 2.24. The summed E-state index contributed by atoms with van der Waals surface area (Å²) >= 11 is 0. The highest BCUT2D eigenvalue weighted by molar-refractivity contribution is 5.95. The van der Waals surface area contributed by atoms with E-state index < -0.39 is 30.0 Å². The van der Waals surface area contributed by atoms with Crippen LogP contribution in [-0.2, 0) is 19.7 Å². The molecule has 0 saturated carbocycles. The van der Waals surface area contributed by atoms with E-state index in [9.17, 15) is 14.4 Å². The molecule has 0 fully saturated rings. The number of esters is 1. The molecule has 0 radical (unpaired) electrons. The maximum atomic E-state index is 12.2. The molecule has 30 heavy (non-hydrogen) atoms. The molecule has 0 aliphatic heterocycles. The van der Waals surface area contributed by atoms with Gasteiger partial charge in [-0.3, -0.25) is 20.4 Å². The van der Waals surface area contributed by atoms with E-state index in [-0.39, 0.29) is 5.41 Å². The second-order valence-electron chi connectivity index (χ2n) is 7.92. The molecule has 7 nitrogen and oxygen atoms in total. The molecule has 0 aliphatic rings. The first-order valence-electron chi connectivity index (χ1n) is 9.71. The summed E-state index contributed by atoms with van der Waals surface area (Å²) in [7, 11) is 0. The van der Waals surface area contributed by atoms with Crippen molar-refractivity contribution in [2.75, 3.05) is 0 Å². The Balaban J connectivity index is 1.82. The average molecular weight is 412 g/mol. The SMILES string of the molecule is C[C@H](Oc1ccc(C(C)(C)C)cc1)C(=O)O[C@H](C)C(=O)NNC(=O)c1ccccc1. The lowest BCUT2D eigenvalue weighted by Gasteiger charge is -2.20. The van der Waals surface area contributed by atoms with Crippen LogP contribution in [0, 0.1) is 0 Å². The first-order valence-corrected chi connectivity index (χ1v) is 9.71. The van der Waals surface area contributed by atoms with Gasteiger partial charge in [-0.1, -0.05) is 51.1 Å². The number of amides is 2. The Hall–Kier alpha value is -3.35. The van der Waals surface area contributed by atoms with Crippen molar-refractivity contribution in [3.05, 3.63) is 65.7 Å². The Bertz CT molecular complexity index is 873. The number of nitrogens with one attached hydrogen (secondary N) is 2. The summed E-state index contributed by atoms with van der Waals surface area (Å²) in [6, 6.07) is 15.9. The van der Waals surface area contributed by atoms with Gasteiger partial charge in [-0.05, 0) is 49.1 Å². The summed E-state index contributed by atoms with van der Waals surface area (Å²) in [6.45, 7) is 9.28. The van der Waals surface area contributed by atoms with Gasteiger partial charge in [0.05, 0.1) is 0 Å².